The molecule has 0 bridgehead atoms. The van der Waals surface area contributed by atoms with Gasteiger partial charge in [-0.2, -0.15) is 0 Å². The van der Waals surface area contributed by atoms with Gasteiger partial charge < -0.3 is 9.80 Å². The van der Waals surface area contributed by atoms with Crippen LogP contribution in [-0.2, 0) is 4.79 Å². The van der Waals surface area contributed by atoms with Crippen LogP contribution in [0.4, 0.5) is 5.82 Å². The first kappa shape index (κ1) is 17.9. The highest BCUT2D eigenvalue weighted by Crippen LogP contribution is 2.25. The molecule has 0 saturated carbocycles. The van der Waals surface area contributed by atoms with Crippen molar-refractivity contribution in [2.75, 3.05) is 31.1 Å². The second-order valence-electron chi connectivity index (χ2n) is 6.40. The molecule has 3 rings (SSSR count). The highest BCUT2D eigenvalue weighted by molar-refractivity contribution is 9.10. The Morgan fingerprint density at radius 1 is 1.12 bits per heavy atom. The molecule has 5 heteroatoms. The number of pyridine rings is 1. The number of nitrogens with zero attached hydrogens (tertiary/aromatic N) is 3. The molecule has 1 aliphatic heterocycles. The van der Waals surface area contributed by atoms with Crippen LogP contribution in [-0.4, -0.2) is 42.0 Å². The van der Waals surface area contributed by atoms with Crippen molar-refractivity contribution in [3.63, 3.8) is 0 Å². The first-order valence-corrected chi connectivity index (χ1v) is 9.68. The third kappa shape index (κ3) is 4.40. The summed E-state index contributed by atoms with van der Waals surface area (Å²) in [5.41, 5.74) is 1.13. The Labute approximate surface area is 158 Å². The van der Waals surface area contributed by atoms with Crippen molar-refractivity contribution >= 4 is 27.7 Å². The Bertz CT molecular complexity index is 682. The predicted octanol–water partition coefficient (Wildman–Crippen LogP) is 4.08. The summed E-state index contributed by atoms with van der Waals surface area (Å²) < 4.78 is 0.982. The van der Waals surface area contributed by atoms with E-state index in [1.165, 1.54) is 0 Å². The SMILES string of the molecule is CCCC(C(=O)N1CCN(c2ccc(Br)cn2)CC1)c1ccccc1. The number of rotatable bonds is 5. The first-order chi connectivity index (χ1) is 12.2. The van der Waals surface area contributed by atoms with Crippen molar-refractivity contribution in [2.45, 2.75) is 25.7 Å². The van der Waals surface area contributed by atoms with Gasteiger partial charge in [-0.1, -0.05) is 43.7 Å². The Kier molecular flexibility index (Phi) is 6.08. The fourth-order valence-electron chi connectivity index (χ4n) is 3.34. The van der Waals surface area contributed by atoms with Gasteiger partial charge in [-0.05, 0) is 40.0 Å². The molecule has 25 heavy (non-hydrogen) atoms. The number of piperazine rings is 1. The molecule has 2 heterocycles. The Balaban J connectivity index is 1.64. The molecule has 1 aromatic carbocycles. The van der Waals surface area contributed by atoms with Gasteiger partial charge in [0.15, 0.2) is 0 Å². The zero-order chi connectivity index (χ0) is 17.6. The largest absolute Gasteiger partial charge is 0.353 e. The van der Waals surface area contributed by atoms with Crippen LogP contribution in [0.1, 0.15) is 31.2 Å². The fourth-order valence-corrected chi connectivity index (χ4v) is 3.57. The normalized spacial score (nSPS) is 15.9. The Morgan fingerprint density at radius 2 is 1.84 bits per heavy atom. The van der Waals surface area contributed by atoms with Crippen LogP contribution >= 0.6 is 15.9 Å². The van der Waals surface area contributed by atoms with Gasteiger partial charge in [-0.25, -0.2) is 4.98 Å². The molecule has 1 atom stereocenters. The van der Waals surface area contributed by atoms with Crippen molar-refractivity contribution in [1.82, 2.24) is 9.88 Å². The number of carbonyl (C=O) groups excluding carboxylic acids is 1. The number of carbonyl (C=O) groups is 1. The van der Waals surface area contributed by atoms with E-state index in [2.05, 4.69) is 44.9 Å². The minimum absolute atomic E-state index is 0.0245. The summed E-state index contributed by atoms with van der Waals surface area (Å²) in [7, 11) is 0. The van der Waals surface area contributed by atoms with Crippen LogP contribution in [0.25, 0.3) is 0 Å². The van der Waals surface area contributed by atoms with Crippen LogP contribution in [0.15, 0.2) is 53.1 Å². The van der Waals surface area contributed by atoms with E-state index in [1.807, 2.05) is 41.4 Å². The van der Waals surface area contributed by atoms with Gasteiger partial charge in [0, 0.05) is 36.8 Å². The molecule has 1 aliphatic rings. The summed E-state index contributed by atoms with van der Waals surface area (Å²) in [5, 5.41) is 0. The molecular weight excluding hydrogens is 378 g/mol. The van der Waals surface area contributed by atoms with E-state index in [-0.39, 0.29) is 11.8 Å². The molecule has 0 radical (unpaired) electrons. The van der Waals surface area contributed by atoms with Crippen LogP contribution in [0.3, 0.4) is 0 Å². The van der Waals surface area contributed by atoms with E-state index in [0.29, 0.717) is 0 Å². The standard InChI is InChI=1S/C20H24BrN3O/c1-2-6-18(16-7-4-3-5-8-16)20(25)24-13-11-23(12-14-24)19-10-9-17(21)15-22-19/h3-5,7-10,15,18H,2,6,11-14H2,1H3. The topological polar surface area (TPSA) is 36.4 Å². The third-order valence-electron chi connectivity index (χ3n) is 4.70. The summed E-state index contributed by atoms with van der Waals surface area (Å²) >= 11 is 3.42. The van der Waals surface area contributed by atoms with Crippen LogP contribution in [0, 0.1) is 0 Å². The van der Waals surface area contributed by atoms with Gasteiger partial charge in [0.25, 0.3) is 0 Å². The lowest BCUT2D eigenvalue weighted by molar-refractivity contribution is -0.133. The lowest BCUT2D eigenvalue weighted by Gasteiger charge is -2.37. The van der Waals surface area contributed by atoms with Crippen LogP contribution in [0.5, 0.6) is 0 Å². The summed E-state index contributed by atoms with van der Waals surface area (Å²) in [6.45, 7) is 5.30. The first-order valence-electron chi connectivity index (χ1n) is 8.89. The van der Waals surface area contributed by atoms with Crippen molar-refractivity contribution in [3.05, 3.63) is 58.7 Å². The molecule has 0 aliphatic carbocycles. The Morgan fingerprint density at radius 3 is 2.44 bits per heavy atom. The van der Waals surface area contributed by atoms with E-state index < -0.39 is 0 Å². The van der Waals surface area contributed by atoms with Gasteiger partial charge in [0.1, 0.15) is 5.82 Å². The van der Waals surface area contributed by atoms with Crippen molar-refractivity contribution in [1.29, 1.82) is 0 Å². The molecule has 1 amide bonds. The highest BCUT2D eigenvalue weighted by atomic mass is 79.9. The maximum absolute atomic E-state index is 13.1. The minimum Gasteiger partial charge on any atom is -0.353 e. The minimum atomic E-state index is -0.0245. The molecule has 2 aromatic rings. The van der Waals surface area contributed by atoms with Gasteiger partial charge in [0.2, 0.25) is 5.91 Å². The summed E-state index contributed by atoms with van der Waals surface area (Å²) in [5.74, 6) is 1.21. The number of benzene rings is 1. The van der Waals surface area contributed by atoms with E-state index in [1.54, 1.807) is 0 Å². The number of hydrogen-bond acceptors (Lipinski definition) is 3. The number of amides is 1. The van der Waals surface area contributed by atoms with Crippen molar-refractivity contribution in [2.24, 2.45) is 0 Å². The fraction of sp³-hybridized carbons (Fsp3) is 0.400. The molecule has 1 aromatic heterocycles. The van der Waals surface area contributed by atoms with E-state index >= 15 is 0 Å². The lowest BCUT2D eigenvalue weighted by atomic mass is 9.93. The van der Waals surface area contributed by atoms with Gasteiger partial charge >= 0.3 is 0 Å². The zero-order valence-electron chi connectivity index (χ0n) is 14.6. The molecule has 0 N–H and O–H groups in total. The maximum atomic E-state index is 13.1. The zero-order valence-corrected chi connectivity index (χ0v) is 16.2. The number of hydrogen-bond donors (Lipinski definition) is 0. The molecule has 1 saturated heterocycles. The summed E-state index contributed by atoms with van der Waals surface area (Å²) in [6, 6.07) is 14.2. The van der Waals surface area contributed by atoms with Gasteiger partial charge in [-0.3, -0.25) is 4.79 Å². The second kappa shape index (κ2) is 8.48. The number of anilines is 1. The third-order valence-corrected chi connectivity index (χ3v) is 5.17. The second-order valence-corrected chi connectivity index (χ2v) is 7.31. The molecule has 132 valence electrons. The van der Waals surface area contributed by atoms with E-state index in [9.17, 15) is 4.79 Å². The van der Waals surface area contributed by atoms with Crippen molar-refractivity contribution in [3.8, 4) is 0 Å². The quantitative estimate of drug-likeness (QED) is 0.757. The van der Waals surface area contributed by atoms with Gasteiger partial charge in [-0.15, -0.1) is 0 Å². The predicted molar refractivity (Wildman–Crippen MR) is 105 cm³/mol. The monoisotopic (exact) mass is 401 g/mol. The molecule has 1 unspecified atom stereocenters. The maximum Gasteiger partial charge on any atom is 0.230 e. The van der Waals surface area contributed by atoms with E-state index in [0.717, 1.165) is 54.9 Å². The summed E-state index contributed by atoms with van der Waals surface area (Å²) in [6.07, 6.45) is 3.73. The van der Waals surface area contributed by atoms with Crippen molar-refractivity contribution < 1.29 is 4.79 Å². The Hall–Kier alpha value is -1.88. The van der Waals surface area contributed by atoms with Crippen LogP contribution in [0.2, 0.25) is 0 Å². The number of aromatic nitrogens is 1. The molecule has 0 spiro atoms. The van der Waals surface area contributed by atoms with Crippen LogP contribution < -0.4 is 4.90 Å². The average molecular weight is 402 g/mol. The smallest absolute Gasteiger partial charge is 0.230 e. The summed E-state index contributed by atoms with van der Waals surface area (Å²) in [4.78, 5) is 21.8. The number of halogens is 1. The molecule has 4 nitrogen and oxygen atoms in total. The van der Waals surface area contributed by atoms with E-state index in [4.69, 9.17) is 0 Å². The average Bonchev–Trinajstić information content (AvgIpc) is 2.67. The lowest BCUT2D eigenvalue weighted by Crippen LogP contribution is -2.50. The highest BCUT2D eigenvalue weighted by Gasteiger charge is 2.28. The van der Waals surface area contributed by atoms with Gasteiger partial charge in [0.05, 0.1) is 5.92 Å². The molecule has 1 fully saturated rings. The molecular formula is C20H24BrN3O.